The molecule has 0 radical (unpaired) electrons. The summed E-state index contributed by atoms with van der Waals surface area (Å²) in [6.07, 6.45) is 1.32. The monoisotopic (exact) mass is 267 g/mol. The number of carbonyl (C=O) groups is 1. The summed E-state index contributed by atoms with van der Waals surface area (Å²) in [5.41, 5.74) is 2.36. The smallest absolute Gasteiger partial charge is 0.179 e. The minimum absolute atomic E-state index is 0.119. The van der Waals surface area contributed by atoms with Gasteiger partial charge in [-0.3, -0.25) is 4.79 Å². The van der Waals surface area contributed by atoms with E-state index in [2.05, 4.69) is 20.9 Å². The molecular formula is C11H7BrFNO. The summed E-state index contributed by atoms with van der Waals surface area (Å²) in [7, 11) is 0. The second-order valence-electron chi connectivity index (χ2n) is 3.69. The van der Waals surface area contributed by atoms with E-state index in [1.807, 2.05) is 0 Å². The van der Waals surface area contributed by atoms with Crippen molar-refractivity contribution in [2.24, 2.45) is 0 Å². The zero-order chi connectivity index (χ0) is 10.6. The molecule has 0 atom stereocenters. The third-order valence-corrected chi connectivity index (χ3v) is 3.63. The maximum atomic E-state index is 13.3. The van der Waals surface area contributed by atoms with Gasteiger partial charge in [0.25, 0.3) is 0 Å². The van der Waals surface area contributed by atoms with Gasteiger partial charge in [0.05, 0.1) is 15.7 Å². The van der Waals surface area contributed by atoms with E-state index in [-0.39, 0.29) is 11.6 Å². The molecule has 0 spiro atoms. The Balaban J connectivity index is 2.44. The lowest BCUT2D eigenvalue weighted by Crippen LogP contribution is -1.91. The molecule has 1 heterocycles. The standard InChI is InChI=1S/C11H7BrFNO/c12-9-7(13)3-1-6-5-2-4-8(15)10(5)14-11(6)9/h1,3,14H,2,4H2. The van der Waals surface area contributed by atoms with Gasteiger partial charge in [-0.05, 0) is 40.0 Å². The SMILES string of the molecule is O=C1CCc2c1[nH]c1c(Br)c(F)ccc21. The lowest BCUT2D eigenvalue weighted by atomic mass is 10.1. The van der Waals surface area contributed by atoms with Crippen molar-refractivity contribution >= 4 is 32.6 Å². The highest BCUT2D eigenvalue weighted by Crippen LogP contribution is 2.34. The molecule has 0 saturated carbocycles. The highest BCUT2D eigenvalue weighted by Gasteiger charge is 2.25. The molecule has 0 bridgehead atoms. The molecule has 0 saturated heterocycles. The summed E-state index contributed by atoms with van der Waals surface area (Å²) in [5, 5.41) is 0.948. The minimum Gasteiger partial charge on any atom is -0.351 e. The average molecular weight is 268 g/mol. The predicted octanol–water partition coefficient (Wildman–Crippen LogP) is 3.20. The Morgan fingerprint density at radius 2 is 2.13 bits per heavy atom. The van der Waals surface area contributed by atoms with Gasteiger partial charge in [-0.25, -0.2) is 4.39 Å². The number of Topliss-reactive ketones (excluding diaryl/α,β-unsaturated/α-hetero) is 1. The van der Waals surface area contributed by atoms with Crippen LogP contribution in [0, 0.1) is 5.82 Å². The van der Waals surface area contributed by atoms with Crippen molar-refractivity contribution in [3.8, 4) is 0 Å². The van der Waals surface area contributed by atoms with E-state index >= 15 is 0 Å². The van der Waals surface area contributed by atoms with Crippen LogP contribution < -0.4 is 0 Å². The van der Waals surface area contributed by atoms with Crippen molar-refractivity contribution in [2.75, 3.05) is 0 Å². The number of aryl methyl sites for hydroxylation is 1. The molecule has 15 heavy (non-hydrogen) atoms. The maximum Gasteiger partial charge on any atom is 0.179 e. The van der Waals surface area contributed by atoms with Crippen molar-refractivity contribution in [2.45, 2.75) is 12.8 Å². The number of ketones is 1. The number of carbonyl (C=O) groups excluding carboxylic acids is 1. The number of benzene rings is 1. The van der Waals surface area contributed by atoms with Gasteiger partial charge in [-0.15, -0.1) is 0 Å². The molecule has 76 valence electrons. The van der Waals surface area contributed by atoms with Gasteiger partial charge in [0, 0.05) is 11.8 Å². The van der Waals surface area contributed by atoms with Gasteiger partial charge < -0.3 is 4.98 Å². The Morgan fingerprint density at radius 1 is 1.33 bits per heavy atom. The summed E-state index contributed by atoms with van der Waals surface area (Å²) in [6.45, 7) is 0. The second kappa shape index (κ2) is 2.92. The van der Waals surface area contributed by atoms with Gasteiger partial charge in [0.1, 0.15) is 5.82 Å². The fraction of sp³-hybridized carbons (Fsp3) is 0.182. The van der Waals surface area contributed by atoms with Gasteiger partial charge >= 0.3 is 0 Å². The summed E-state index contributed by atoms with van der Waals surface area (Å²) in [5.74, 6) is -0.191. The molecule has 1 aliphatic rings. The fourth-order valence-electron chi connectivity index (χ4n) is 2.12. The predicted molar refractivity (Wildman–Crippen MR) is 58.6 cm³/mol. The Hall–Kier alpha value is -1.16. The summed E-state index contributed by atoms with van der Waals surface area (Å²) >= 11 is 3.18. The van der Waals surface area contributed by atoms with Gasteiger partial charge in [0.15, 0.2) is 5.78 Å². The number of aromatic nitrogens is 1. The van der Waals surface area contributed by atoms with Gasteiger partial charge in [-0.2, -0.15) is 0 Å². The van der Waals surface area contributed by atoms with Crippen molar-refractivity contribution in [3.63, 3.8) is 0 Å². The molecule has 0 amide bonds. The van der Waals surface area contributed by atoms with Crippen molar-refractivity contribution in [3.05, 3.63) is 33.7 Å². The number of hydrogen-bond donors (Lipinski definition) is 1. The highest BCUT2D eigenvalue weighted by atomic mass is 79.9. The van der Waals surface area contributed by atoms with Crippen molar-refractivity contribution in [1.82, 2.24) is 4.98 Å². The van der Waals surface area contributed by atoms with E-state index < -0.39 is 0 Å². The van der Waals surface area contributed by atoms with Crippen LogP contribution in [0.3, 0.4) is 0 Å². The van der Waals surface area contributed by atoms with E-state index in [9.17, 15) is 9.18 Å². The van der Waals surface area contributed by atoms with Gasteiger partial charge in [-0.1, -0.05) is 0 Å². The molecule has 0 aliphatic heterocycles. The fourth-order valence-corrected chi connectivity index (χ4v) is 2.57. The largest absolute Gasteiger partial charge is 0.351 e. The molecule has 0 fully saturated rings. The highest BCUT2D eigenvalue weighted by molar-refractivity contribution is 9.10. The normalized spacial score (nSPS) is 14.9. The van der Waals surface area contributed by atoms with Crippen LogP contribution in [0.4, 0.5) is 4.39 Å². The first kappa shape index (κ1) is 9.09. The second-order valence-corrected chi connectivity index (χ2v) is 4.48. The Kier molecular flexibility index (Phi) is 1.77. The first-order valence-corrected chi connectivity index (χ1v) is 5.49. The number of hydrogen-bond acceptors (Lipinski definition) is 1. The molecule has 1 aromatic heterocycles. The van der Waals surface area contributed by atoms with Crippen molar-refractivity contribution < 1.29 is 9.18 Å². The third kappa shape index (κ3) is 1.11. The quantitative estimate of drug-likeness (QED) is 0.781. The van der Waals surface area contributed by atoms with Crippen LogP contribution in [0.15, 0.2) is 16.6 Å². The third-order valence-electron chi connectivity index (χ3n) is 2.85. The molecule has 3 rings (SSSR count). The average Bonchev–Trinajstić information content (AvgIpc) is 2.74. The Labute approximate surface area is 93.6 Å². The molecule has 4 heteroatoms. The number of halogens is 2. The van der Waals surface area contributed by atoms with Crippen LogP contribution in [0.25, 0.3) is 10.9 Å². The van der Waals surface area contributed by atoms with E-state index in [0.29, 0.717) is 22.1 Å². The van der Waals surface area contributed by atoms with E-state index in [4.69, 9.17) is 0 Å². The van der Waals surface area contributed by atoms with Crippen LogP contribution in [0.1, 0.15) is 22.5 Å². The van der Waals surface area contributed by atoms with Gasteiger partial charge in [0.2, 0.25) is 0 Å². The van der Waals surface area contributed by atoms with E-state index in [1.165, 1.54) is 6.07 Å². The maximum absolute atomic E-state index is 13.3. The summed E-state index contributed by atoms with van der Waals surface area (Å²) in [6, 6.07) is 3.15. The molecule has 2 aromatic rings. The van der Waals surface area contributed by atoms with Crippen LogP contribution in [0.5, 0.6) is 0 Å². The minimum atomic E-state index is -0.310. The molecule has 1 aromatic carbocycles. The van der Waals surface area contributed by atoms with E-state index in [0.717, 1.165) is 17.4 Å². The number of nitrogens with one attached hydrogen (secondary N) is 1. The lowest BCUT2D eigenvalue weighted by molar-refractivity contribution is 0.0990. The van der Waals surface area contributed by atoms with Crippen LogP contribution in [-0.4, -0.2) is 10.8 Å². The number of rotatable bonds is 0. The summed E-state index contributed by atoms with van der Waals surface area (Å²) < 4.78 is 13.7. The first-order valence-electron chi connectivity index (χ1n) is 4.70. The Bertz CT molecular complexity index is 588. The molecule has 2 nitrogen and oxygen atoms in total. The Morgan fingerprint density at radius 3 is 2.93 bits per heavy atom. The van der Waals surface area contributed by atoms with Crippen LogP contribution >= 0.6 is 15.9 Å². The van der Waals surface area contributed by atoms with Crippen LogP contribution in [-0.2, 0) is 6.42 Å². The number of fused-ring (bicyclic) bond motifs is 3. The first-order chi connectivity index (χ1) is 7.18. The lowest BCUT2D eigenvalue weighted by Gasteiger charge is -1.97. The zero-order valence-electron chi connectivity index (χ0n) is 7.73. The number of aromatic amines is 1. The molecule has 1 aliphatic carbocycles. The molecular weight excluding hydrogens is 261 g/mol. The van der Waals surface area contributed by atoms with Crippen molar-refractivity contribution in [1.29, 1.82) is 0 Å². The van der Waals surface area contributed by atoms with E-state index in [1.54, 1.807) is 6.07 Å². The molecule has 1 N–H and O–H groups in total. The number of H-pyrrole nitrogens is 1. The topological polar surface area (TPSA) is 32.9 Å². The zero-order valence-corrected chi connectivity index (χ0v) is 9.32. The van der Waals surface area contributed by atoms with Crippen LogP contribution in [0.2, 0.25) is 0 Å². The summed E-state index contributed by atoms with van der Waals surface area (Å²) in [4.78, 5) is 14.5. The molecule has 0 unspecified atom stereocenters.